The van der Waals surface area contributed by atoms with Gasteiger partial charge in [-0.15, -0.1) is 0 Å². The van der Waals surface area contributed by atoms with E-state index in [9.17, 15) is 4.79 Å². The smallest absolute Gasteiger partial charge is 0.354 e. The third kappa shape index (κ3) is 2.78. The Morgan fingerprint density at radius 2 is 2.22 bits per heavy atom. The molecule has 0 atom stereocenters. The fourth-order valence-electron chi connectivity index (χ4n) is 2.14. The molecule has 0 spiro atoms. The minimum absolute atomic E-state index is 0.0737. The molecule has 1 aromatic rings. The number of carboxylic acid groups (broad SMARTS) is 1. The van der Waals surface area contributed by atoms with Crippen molar-refractivity contribution in [3.63, 3.8) is 0 Å². The predicted octanol–water partition coefficient (Wildman–Crippen LogP) is 2.11. The van der Waals surface area contributed by atoms with Crippen LogP contribution in [0, 0.1) is 12.8 Å². The van der Waals surface area contributed by atoms with Crippen LogP contribution in [0.5, 0.6) is 0 Å². The molecule has 1 aromatic heterocycles. The summed E-state index contributed by atoms with van der Waals surface area (Å²) in [7, 11) is 0. The van der Waals surface area contributed by atoms with Crippen molar-refractivity contribution in [1.82, 2.24) is 9.97 Å². The number of anilines is 1. The van der Waals surface area contributed by atoms with Crippen LogP contribution in [0.3, 0.4) is 0 Å². The molecule has 1 aliphatic carbocycles. The lowest BCUT2D eigenvalue weighted by molar-refractivity contribution is 0.0690. The number of nitrogens with zero attached hydrogens (tertiary/aromatic N) is 3. The van der Waals surface area contributed by atoms with E-state index in [4.69, 9.17) is 5.11 Å². The second-order valence-corrected chi connectivity index (χ2v) is 4.84. The Bertz CT molecular complexity index is 444. The van der Waals surface area contributed by atoms with E-state index >= 15 is 0 Å². The van der Waals surface area contributed by atoms with Crippen LogP contribution in [0.15, 0.2) is 6.07 Å². The lowest BCUT2D eigenvalue weighted by Crippen LogP contribution is -2.34. The highest BCUT2D eigenvalue weighted by atomic mass is 16.4. The van der Waals surface area contributed by atoms with Crippen LogP contribution >= 0.6 is 0 Å². The number of rotatable bonds is 5. The van der Waals surface area contributed by atoms with Crippen molar-refractivity contribution >= 4 is 11.9 Å². The molecule has 18 heavy (non-hydrogen) atoms. The molecule has 1 saturated carbocycles. The number of carbonyl (C=O) groups is 1. The van der Waals surface area contributed by atoms with Gasteiger partial charge in [0.2, 0.25) is 5.95 Å². The third-order valence-electron chi connectivity index (χ3n) is 3.43. The average Bonchev–Trinajstić information content (AvgIpc) is 2.27. The first-order valence-corrected chi connectivity index (χ1v) is 6.44. The second-order valence-electron chi connectivity index (χ2n) is 4.84. The number of carboxylic acids is 1. The summed E-state index contributed by atoms with van der Waals surface area (Å²) in [6, 6.07) is 1.50. The molecule has 1 aliphatic rings. The maximum atomic E-state index is 11.0. The third-order valence-corrected chi connectivity index (χ3v) is 3.43. The van der Waals surface area contributed by atoms with Gasteiger partial charge in [0.15, 0.2) is 5.69 Å². The van der Waals surface area contributed by atoms with Crippen molar-refractivity contribution in [2.75, 3.05) is 18.0 Å². The fraction of sp³-hybridized carbons (Fsp3) is 0.615. The summed E-state index contributed by atoms with van der Waals surface area (Å²) < 4.78 is 0. The highest BCUT2D eigenvalue weighted by Crippen LogP contribution is 2.28. The van der Waals surface area contributed by atoms with Gasteiger partial charge in [-0.3, -0.25) is 0 Å². The summed E-state index contributed by atoms with van der Waals surface area (Å²) in [5.41, 5.74) is 0.772. The molecule has 1 N–H and O–H groups in total. The summed E-state index contributed by atoms with van der Waals surface area (Å²) >= 11 is 0. The Morgan fingerprint density at radius 1 is 1.50 bits per heavy atom. The Kier molecular flexibility index (Phi) is 3.79. The topological polar surface area (TPSA) is 66.3 Å². The van der Waals surface area contributed by atoms with Crippen molar-refractivity contribution in [2.45, 2.75) is 33.1 Å². The van der Waals surface area contributed by atoms with E-state index in [0.29, 0.717) is 17.6 Å². The number of hydrogen-bond donors (Lipinski definition) is 1. The molecule has 2 rings (SSSR count). The Hall–Kier alpha value is -1.65. The van der Waals surface area contributed by atoms with Gasteiger partial charge in [0.05, 0.1) is 0 Å². The maximum Gasteiger partial charge on any atom is 0.354 e. The highest BCUT2D eigenvalue weighted by Gasteiger charge is 2.22. The zero-order valence-corrected chi connectivity index (χ0v) is 10.9. The molecule has 5 nitrogen and oxygen atoms in total. The van der Waals surface area contributed by atoms with Gasteiger partial charge in [-0.2, -0.15) is 0 Å². The molecular weight excluding hydrogens is 230 g/mol. The molecule has 0 aromatic carbocycles. The Balaban J connectivity index is 2.20. The molecule has 1 heterocycles. The van der Waals surface area contributed by atoms with Gasteiger partial charge in [-0.25, -0.2) is 14.8 Å². The first-order valence-electron chi connectivity index (χ1n) is 6.44. The van der Waals surface area contributed by atoms with Crippen LogP contribution < -0.4 is 4.90 Å². The average molecular weight is 249 g/mol. The van der Waals surface area contributed by atoms with Gasteiger partial charge in [-0.05, 0) is 38.7 Å². The maximum absolute atomic E-state index is 11.0. The van der Waals surface area contributed by atoms with Gasteiger partial charge in [0.25, 0.3) is 0 Å². The summed E-state index contributed by atoms with van der Waals surface area (Å²) in [4.78, 5) is 21.6. The molecule has 1 fully saturated rings. The van der Waals surface area contributed by atoms with Crippen LogP contribution in [-0.4, -0.2) is 34.1 Å². The van der Waals surface area contributed by atoms with Crippen LogP contribution in [-0.2, 0) is 0 Å². The highest BCUT2D eigenvalue weighted by molar-refractivity contribution is 5.85. The molecular formula is C13H19N3O2. The van der Waals surface area contributed by atoms with Gasteiger partial charge >= 0.3 is 5.97 Å². The molecule has 0 unspecified atom stereocenters. The predicted molar refractivity (Wildman–Crippen MR) is 69.0 cm³/mol. The molecule has 0 aliphatic heterocycles. The van der Waals surface area contributed by atoms with Crippen LogP contribution in [0.4, 0.5) is 5.95 Å². The SMILES string of the molecule is CCN(CC1CCC1)c1nc(C)cc(C(=O)O)n1. The molecule has 5 heteroatoms. The van der Waals surface area contributed by atoms with Crippen LogP contribution in [0.25, 0.3) is 0 Å². The molecule has 0 amide bonds. The van der Waals surface area contributed by atoms with Crippen molar-refractivity contribution in [1.29, 1.82) is 0 Å². The second kappa shape index (κ2) is 5.33. The molecule has 98 valence electrons. The largest absolute Gasteiger partial charge is 0.477 e. The van der Waals surface area contributed by atoms with E-state index < -0.39 is 5.97 Å². The first kappa shape index (κ1) is 12.8. The minimum Gasteiger partial charge on any atom is -0.477 e. The number of aromatic nitrogens is 2. The standard InChI is InChI=1S/C13H19N3O2/c1-3-16(8-10-5-4-6-10)13-14-9(2)7-11(15-13)12(17)18/h7,10H,3-6,8H2,1-2H3,(H,17,18). The van der Waals surface area contributed by atoms with Crippen molar-refractivity contribution in [3.8, 4) is 0 Å². The normalized spacial score (nSPS) is 15.2. The van der Waals surface area contributed by atoms with E-state index in [1.807, 2.05) is 6.92 Å². The van der Waals surface area contributed by atoms with Crippen molar-refractivity contribution < 1.29 is 9.90 Å². The van der Waals surface area contributed by atoms with E-state index in [1.54, 1.807) is 6.92 Å². The van der Waals surface area contributed by atoms with E-state index in [1.165, 1.54) is 25.3 Å². The number of aromatic carboxylic acids is 1. The fourth-order valence-corrected chi connectivity index (χ4v) is 2.14. The molecule has 0 radical (unpaired) electrons. The van der Waals surface area contributed by atoms with Crippen LogP contribution in [0.2, 0.25) is 0 Å². The van der Waals surface area contributed by atoms with E-state index in [2.05, 4.69) is 14.9 Å². The molecule has 0 bridgehead atoms. The van der Waals surface area contributed by atoms with Crippen molar-refractivity contribution in [3.05, 3.63) is 17.5 Å². The summed E-state index contributed by atoms with van der Waals surface area (Å²) in [5, 5.41) is 9.02. The lowest BCUT2D eigenvalue weighted by Gasteiger charge is -2.31. The van der Waals surface area contributed by atoms with Gasteiger partial charge in [0, 0.05) is 18.8 Å². The van der Waals surface area contributed by atoms with E-state index in [0.717, 1.165) is 13.1 Å². The first-order chi connectivity index (χ1) is 8.60. The summed E-state index contributed by atoms with van der Waals surface area (Å²) in [5.74, 6) is 0.255. The van der Waals surface area contributed by atoms with Gasteiger partial charge in [-0.1, -0.05) is 6.42 Å². The van der Waals surface area contributed by atoms with Gasteiger partial charge < -0.3 is 10.0 Å². The summed E-state index contributed by atoms with van der Waals surface area (Å²) in [6.07, 6.45) is 3.82. The number of aryl methyl sites for hydroxylation is 1. The number of hydrogen-bond acceptors (Lipinski definition) is 4. The zero-order valence-electron chi connectivity index (χ0n) is 10.9. The van der Waals surface area contributed by atoms with Crippen LogP contribution in [0.1, 0.15) is 42.4 Å². The van der Waals surface area contributed by atoms with Crippen molar-refractivity contribution in [2.24, 2.45) is 5.92 Å². The zero-order chi connectivity index (χ0) is 13.1. The Morgan fingerprint density at radius 3 is 2.72 bits per heavy atom. The monoisotopic (exact) mass is 249 g/mol. The minimum atomic E-state index is -0.999. The lowest BCUT2D eigenvalue weighted by atomic mass is 9.85. The Labute approximate surface area is 107 Å². The van der Waals surface area contributed by atoms with Gasteiger partial charge in [0.1, 0.15) is 0 Å². The summed E-state index contributed by atoms with van der Waals surface area (Å²) in [6.45, 7) is 5.58. The van der Waals surface area contributed by atoms with E-state index in [-0.39, 0.29) is 5.69 Å². The molecule has 0 saturated heterocycles. The quantitative estimate of drug-likeness (QED) is 0.865.